The summed E-state index contributed by atoms with van der Waals surface area (Å²) in [7, 11) is 1.76. The molecular formula is C12H12ClFN4. The van der Waals surface area contributed by atoms with Crippen LogP contribution in [-0.4, -0.2) is 17.0 Å². The van der Waals surface area contributed by atoms with E-state index in [2.05, 4.69) is 9.97 Å². The summed E-state index contributed by atoms with van der Waals surface area (Å²) < 4.78 is 13.5. The Morgan fingerprint density at radius 1 is 1.33 bits per heavy atom. The lowest BCUT2D eigenvalue weighted by Crippen LogP contribution is -2.19. The maximum Gasteiger partial charge on any atom is 0.153 e. The first-order chi connectivity index (χ1) is 8.59. The molecular weight excluding hydrogens is 255 g/mol. The Hall–Kier alpha value is -1.88. The molecule has 0 saturated carbocycles. The zero-order valence-corrected chi connectivity index (χ0v) is 10.5. The predicted molar refractivity (Wildman–Crippen MR) is 70.0 cm³/mol. The molecule has 0 spiro atoms. The summed E-state index contributed by atoms with van der Waals surface area (Å²) in [5.74, 6) is 0.428. The molecule has 0 fully saturated rings. The zero-order chi connectivity index (χ0) is 13.1. The van der Waals surface area contributed by atoms with Gasteiger partial charge in [0.2, 0.25) is 0 Å². The van der Waals surface area contributed by atoms with Crippen molar-refractivity contribution >= 4 is 23.2 Å². The van der Waals surface area contributed by atoms with Gasteiger partial charge in [-0.25, -0.2) is 14.4 Å². The second-order valence-electron chi connectivity index (χ2n) is 3.84. The third-order valence-corrected chi connectivity index (χ3v) is 2.89. The Bertz CT molecular complexity index is 562. The van der Waals surface area contributed by atoms with E-state index in [-0.39, 0.29) is 16.7 Å². The van der Waals surface area contributed by atoms with Crippen LogP contribution in [0.2, 0.25) is 5.02 Å². The Kier molecular flexibility index (Phi) is 3.62. The van der Waals surface area contributed by atoms with E-state index in [1.165, 1.54) is 12.4 Å². The van der Waals surface area contributed by atoms with Crippen molar-refractivity contribution in [2.24, 2.45) is 0 Å². The van der Waals surface area contributed by atoms with Crippen molar-refractivity contribution in [2.75, 3.05) is 17.7 Å². The molecule has 0 aliphatic carbocycles. The maximum absolute atomic E-state index is 13.5. The van der Waals surface area contributed by atoms with Crippen LogP contribution in [0.4, 0.5) is 16.0 Å². The van der Waals surface area contributed by atoms with Gasteiger partial charge < -0.3 is 10.6 Å². The molecule has 0 aliphatic heterocycles. The van der Waals surface area contributed by atoms with Gasteiger partial charge in [-0.3, -0.25) is 0 Å². The fraction of sp³-hybridized carbons (Fsp3) is 0.167. The third-order valence-electron chi connectivity index (χ3n) is 2.52. The summed E-state index contributed by atoms with van der Waals surface area (Å²) in [6, 6.07) is 6.56. The maximum atomic E-state index is 13.5. The first kappa shape index (κ1) is 12.6. The molecule has 1 aromatic carbocycles. The summed E-state index contributed by atoms with van der Waals surface area (Å²) in [6.45, 7) is 0.350. The normalized spacial score (nSPS) is 10.4. The number of nitrogen functional groups attached to an aromatic ring is 1. The van der Waals surface area contributed by atoms with Crippen molar-refractivity contribution in [3.8, 4) is 0 Å². The van der Waals surface area contributed by atoms with Crippen LogP contribution in [0.3, 0.4) is 0 Å². The minimum Gasteiger partial charge on any atom is -0.382 e. The number of aromatic nitrogens is 2. The van der Waals surface area contributed by atoms with E-state index in [9.17, 15) is 4.39 Å². The Morgan fingerprint density at radius 3 is 2.78 bits per heavy atom. The van der Waals surface area contributed by atoms with Gasteiger partial charge in [0.05, 0.1) is 0 Å². The highest BCUT2D eigenvalue weighted by molar-refractivity contribution is 6.35. The van der Waals surface area contributed by atoms with E-state index in [0.29, 0.717) is 17.9 Å². The molecule has 2 N–H and O–H groups in total. The van der Waals surface area contributed by atoms with Crippen molar-refractivity contribution in [3.05, 3.63) is 47.0 Å². The molecule has 1 heterocycles. The fourth-order valence-corrected chi connectivity index (χ4v) is 1.84. The first-order valence-corrected chi connectivity index (χ1v) is 5.68. The van der Waals surface area contributed by atoms with Gasteiger partial charge in [0.25, 0.3) is 0 Å². The molecule has 94 valence electrons. The second-order valence-corrected chi connectivity index (χ2v) is 4.22. The smallest absolute Gasteiger partial charge is 0.153 e. The van der Waals surface area contributed by atoms with Crippen molar-refractivity contribution in [1.82, 2.24) is 9.97 Å². The van der Waals surface area contributed by atoms with Crippen molar-refractivity contribution in [2.45, 2.75) is 6.54 Å². The van der Waals surface area contributed by atoms with Gasteiger partial charge in [-0.1, -0.05) is 29.8 Å². The SMILES string of the molecule is CN(Cc1ccccc1F)c1ncnc(N)c1Cl. The Balaban J connectivity index is 2.25. The van der Waals surface area contributed by atoms with Crippen LogP contribution in [0.15, 0.2) is 30.6 Å². The van der Waals surface area contributed by atoms with Crippen LogP contribution in [0.25, 0.3) is 0 Å². The molecule has 6 heteroatoms. The van der Waals surface area contributed by atoms with Crippen LogP contribution >= 0.6 is 11.6 Å². The third kappa shape index (κ3) is 2.51. The van der Waals surface area contributed by atoms with Crippen LogP contribution < -0.4 is 10.6 Å². The number of halogens is 2. The molecule has 0 amide bonds. The molecule has 4 nitrogen and oxygen atoms in total. The highest BCUT2D eigenvalue weighted by Crippen LogP contribution is 2.27. The molecule has 1 aromatic heterocycles. The number of nitrogens with zero attached hydrogens (tertiary/aromatic N) is 3. The van der Waals surface area contributed by atoms with E-state index in [0.717, 1.165) is 0 Å². The number of anilines is 2. The van der Waals surface area contributed by atoms with Crippen LogP contribution in [0.1, 0.15) is 5.56 Å². The first-order valence-electron chi connectivity index (χ1n) is 5.30. The van der Waals surface area contributed by atoms with E-state index in [1.54, 1.807) is 30.1 Å². The molecule has 0 unspecified atom stereocenters. The summed E-state index contributed by atoms with van der Waals surface area (Å²) in [5, 5.41) is 0.274. The summed E-state index contributed by atoms with van der Waals surface area (Å²) in [5.41, 5.74) is 6.16. The fourth-order valence-electron chi connectivity index (χ4n) is 1.60. The predicted octanol–water partition coefficient (Wildman–Crippen LogP) is 2.49. The lowest BCUT2D eigenvalue weighted by Gasteiger charge is -2.19. The Morgan fingerprint density at radius 2 is 2.06 bits per heavy atom. The zero-order valence-electron chi connectivity index (χ0n) is 9.77. The number of nitrogens with two attached hydrogens (primary N) is 1. The number of hydrogen-bond acceptors (Lipinski definition) is 4. The monoisotopic (exact) mass is 266 g/mol. The van der Waals surface area contributed by atoms with Gasteiger partial charge in [0, 0.05) is 19.2 Å². The topological polar surface area (TPSA) is 55.0 Å². The van der Waals surface area contributed by atoms with E-state index in [1.807, 2.05) is 0 Å². The summed E-state index contributed by atoms with van der Waals surface area (Å²) in [4.78, 5) is 9.55. The van der Waals surface area contributed by atoms with Gasteiger partial charge in [-0.15, -0.1) is 0 Å². The molecule has 0 radical (unpaired) electrons. The van der Waals surface area contributed by atoms with Gasteiger partial charge in [-0.2, -0.15) is 0 Å². The number of hydrogen-bond donors (Lipinski definition) is 1. The van der Waals surface area contributed by atoms with Crippen LogP contribution in [0.5, 0.6) is 0 Å². The highest BCUT2D eigenvalue weighted by Gasteiger charge is 2.12. The summed E-state index contributed by atoms with van der Waals surface area (Å²) in [6.07, 6.45) is 1.33. The van der Waals surface area contributed by atoms with E-state index in [4.69, 9.17) is 17.3 Å². The van der Waals surface area contributed by atoms with Crippen molar-refractivity contribution in [1.29, 1.82) is 0 Å². The number of benzene rings is 1. The molecule has 2 rings (SSSR count). The molecule has 18 heavy (non-hydrogen) atoms. The molecule has 0 saturated heterocycles. The largest absolute Gasteiger partial charge is 0.382 e. The van der Waals surface area contributed by atoms with Gasteiger partial charge in [-0.05, 0) is 6.07 Å². The van der Waals surface area contributed by atoms with Crippen LogP contribution in [0, 0.1) is 5.82 Å². The quantitative estimate of drug-likeness (QED) is 0.927. The number of rotatable bonds is 3. The molecule has 0 bridgehead atoms. The van der Waals surface area contributed by atoms with Gasteiger partial charge in [0.1, 0.15) is 23.0 Å². The highest BCUT2D eigenvalue weighted by atomic mass is 35.5. The van der Waals surface area contributed by atoms with Gasteiger partial charge in [0.15, 0.2) is 5.82 Å². The lowest BCUT2D eigenvalue weighted by atomic mass is 10.2. The summed E-state index contributed by atoms with van der Waals surface area (Å²) >= 11 is 6.01. The van der Waals surface area contributed by atoms with Crippen molar-refractivity contribution in [3.63, 3.8) is 0 Å². The average molecular weight is 267 g/mol. The van der Waals surface area contributed by atoms with E-state index < -0.39 is 0 Å². The average Bonchev–Trinajstić information content (AvgIpc) is 2.35. The second kappa shape index (κ2) is 5.18. The minimum atomic E-state index is -0.262. The molecule has 2 aromatic rings. The standard InChI is InChI=1S/C12H12ClFN4/c1-18(6-8-4-2-3-5-9(8)14)12-10(13)11(15)16-7-17-12/h2-5,7H,6H2,1H3,(H2,15,16,17). The van der Waals surface area contributed by atoms with E-state index >= 15 is 0 Å². The van der Waals surface area contributed by atoms with Crippen molar-refractivity contribution < 1.29 is 4.39 Å². The van der Waals surface area contributed by atoms with Crippen LogP contribution in [-0.2, 0) is 6.54 Å². The molecule has 0 aliphatic rings. The van der Waals surface area contributed by atoms with Gasteiger partial charge >= 0.3 is 0 Å². The molecule has 0 atom stereocenters. The lowest BCUT2D eigenvalue weighted by molar-refractivity contribution is 0.607. The Labute approximate surface area is 109 Å². The minimum absolute atomic E-state index is 0.210.